The summed E-state index contributed by atoms with van der Waals surface area (Å²) < 4.78 is 0. The summed E-state index contributed by atoms with van der Waals surface area (Å²) in [4.78, 5) is 21.4. The van der Waals surface area contributed by atoms with E-state index in [9.17, 15) is 9.59 Å². The summed E-state index contributed by atoms with van der Waals surface area (Å²) in [7, 11) is 0. The normalized spacial score (nSPS) is 9.69. The summed E-state index contributed by atoms with van der Waals surface area (Å²) in [6, 6.07) is 4.67. The van der Waals surface area contributed by atoms with Crippen LogP contribution >= 0.6 is 11.6 Å². The minimum Gasteiger partial charge on any atom is -0.475 e. The average molecular weight is 199 g/mol. The number of rotatable bonds is 2. The van der Waals surface area contributed by atoms with E-state index in [1.807, 2.05) is 0 Å². The van der Waals surface area contributed by atoms with E-state index in [0.29, 0.717) is 0 Å². The first kappa shape index (κ1) is 9.74. The molecule has 0 saturated heterocycles. The first-order chi connectivity index (χ1) is 6.02. The third-order valence-electron chi connectivity index (χ3n) is 1.56. The van der Waals surface area contributed by atoms with E-state index in [4.69, 9.17) is 16.7 Å². The number of carboxylic acids is 1. The third kappa shape index (κ3) is 2.06. The molecule has 0 aliphatic carbocycles. The molecule has 0 aliphatic heterocycles. The van der Waals surface area contributed by atoms with Crippen LogP contribution in [0.4, 0.5) is 0 Å². The van der Waals surface area contributed by atoms with Gasteiger partial charge in [-0.1, -0.05) is 23.2 Å². The molecule has 0 aromatic heterocycles. The SMILES string of the molecule is Cc1ccc(Cl)c(C(=O)C(=O)O)c1. The minimum atomic E-state index is -1.49. The Bertz CT molecular complexity index is 371. The highest BCUT2D eigenvalue weighted by atomic mass is 35.5. The molecule has 68 valence electrons. The molecular formula is C9H7ClO3. The highest BCUT2D eigenvalue weighted by molar-refractivity contribution is 6.45. The number of aryl methyl sites for hydroxylation is 1. The molecule has 4 heteroatoms. The summed E-state index contributed by atoms with van der Waals surface area (Å²) in [5.41, 5.74) is 0.836. The first-order valence-electron chi connectivity index (χ1n) is 3.56. The van der Waals surface area contributed by atoms with Crippen LogP contribution < -0.4 is 0 Å². The van der Waals surface area contributed by atoms with E-state index in [0.717, 1.165) is 5.56 Å². The predicted octanol–water partition coefficient (Wildman–Crippen LogP) is 1.92. The molecule has 0 bridgehead atoms. The zero-order valence-electron chi connectivity index (χ0n) is 6.87. The van der Waals surface area contributed by atoms with Gasteiger partial charge in [-0.05, 0) is 19.1 Å². The molecule has 0 amide bonds. The van der Waals surface area contributed by atoms with Gasteiger partial charge >= 0.3 is 5.97 Å². The summed E-state index contributed by atoms with van der Waals surface area (Å²) in [6.07, 6.45) is 0. The van der Waals surface area contributed by atoms with Crippen LogP contribution in [0.15, 0.2) is 18.2 Å². The molecule has 0 fully saturated rings. The monoisotopic (exact) mass is 198 g/mol. The van der Waals surface area contributed by atoms with Gasteiger partial charge in [-0.2, -0.15) is 0 Å². The van der Waals surface area contributed by atoms with Crippen molar-refractivity contribution >= 4 is 23.4 Å². The van der Waals surface area contributed by atoms with Gasteiger partial charge < -0.3 is 5.11 Å². The number of benzene rings is 1. The van der Waals surface area contributed by atoms with E-state index in [1.165, 1.54) is 12.1 Å². The van der Waals surface area contributed by atoms with E-state index >= 15 is 0 Å². The maximum absolute atomic E-state index is 11.0. The Kier molecular flexibility index (Phi) is 2.68. The Morgan fingerprint density at radius 3 is 2.54 bits per heavy atom. The lowest BCUT2D eigenvalue weighted by atomic mass is 10.1. The summed E-state index contributed by atoms with van der Waals surface area (Å²) >= 11 is 5.65. The second-order valence-electron chi connectivity index (χ2n) is 2.62. The summed E-state index contributed by atoms with van der Waals surface area (Å²) in [5, 5.41) is 8.61. The Morgan fingerprint density at radius 1 is 1.38 bits per heavy atom. The predicted molar refractivity (Wildman–Crippen MR) is 48.2 cm³/mol. The standard InChI is InChI=1S/C9H7ClO3/c1-5-2-3-7(10)6(4-5)8(11)9(12)13/h2-4H,1H3,(H,12,13). The van der Waals surface area contributed by atoms with Crippen LogP contribution in [-0.4, -0.2) is 16.9 Å². The number of carbonyl (C=O) groups excluding carboxylic acids is 1. The van der Waals surface area contributed by atoms with Crippen LogP contribution in [0.25, 0.3) is 0 Å². The number of hydrogen-bond acceptors (Lipinski definition) is 2. The van der Waals surface area contributed by atoms with Gasteiger partial charge in [-0.15, -0.1) is 0 Å². The number of aliphatic carboxylic acids is 1. The van der Waals surface area contributed by atoms with E-state index in [-0.39, 0.29) is 10.6 Å². The second-order valence-corrected chi connectivity index (χ2v) is 3.02. The highest BCUT2D eigenvalue weighted by Crippen LogP contribution is 2.17. The molecule has 3 nitrogen and oxygen atoms in total. The van der Waals surface area contributed by atoms with Gasteiger partial charge in [-0.25, -0.2) is 4.79 Å². The molecule has 1 N–H and O–H groups in total. The van der Waals surface area contributed by atoms with Crippen LogP contribution in [0.1, 0.15) is 15.9 Å². The maximum atomic E-state index is 11.0. The topological polar surface area (TPSA) is 54.4 Å². The van der Waals surface area contributed by atoms with Crippen LogP contribution in [-0.2, 0) is 4.79 Å². The van der Waals surface area contributed by atoms with Crippen molar-refractivity contribution in [2.75, 3.05) is 0 Å². The smallest absolute Gasteiger partial charge is 0.377 e. The molecule has 0 saturated carbocycles. The van der Waals surface area contributed by atoms with Crippen molar-refractivity contribution in [2.24, 2.45) is 0 Å². The second kappa shape index (κ2) is 3.58. The fourth-order valence-electron chi connectivity index (χ4n) is 0.928. The lowest BCUT2D eigenvalue weighted by molar-refractivity contribution is -0.131. The molecule has 0 aliphatic rings. The fourth-order valence-corrected chi connectivity index (χ4v) is 1.13. The highest BCUT2D eigenvalue weighted by Gasteiger charge is 2.17. The number of carboxylic acid groups (broad SMARTS) is 1. The number of ketones is 1. The van der Waals surface area contributed by atoms with Crippen LogP contribution in [0.3, 0.4) is 0 Å². The quantitative estimate of drug-likeness (QED) is 0.584. The van der Waals surface area contributed by atoms with Gasteiger partial charge in [0, 0.05) is 5.56 Å². The van der Waals surface area contributed by atoms with E-state index in [1.54, 1.807) is 13.0 Å². The molecule has 0 spiro atoms. The average Bonchev–Trinajstić information content (AvgIpc) is 2.08. The molecule has 1 rings (SSSR count). The van der Waals surface area contributed by atoms with Gasteiger partial charge in [0.05, 0.1) is 5.02 Å². The van der Waals surface area contributed by atoms with Gasteiger partial charge in [0.25, 0.3) is 5.78 Å². The first-order valence-corrected chi connectivity index (χ1v) is 3.94. The molecule has 13 heavy (non-hydrogen) atoms. The number of halogens is 1. The Balaban J connectivity index is 3.21. The number of carbonyl (C=O) groups is 2. The lowest BCUT2D eigenvalue weighted by Gasteiger charge is -2.00. The van der Waals surface area contributed by atoms with Crippen molar-refractivity contribution in [1.82, 2.24) is 0 Å². The van der Waals surface area contributed by atoms with E-state index < -0.39 is 11.8 Å². The van der Waals surface area contributed by atoms with Crippen molar-refractivity contribution in [1.29, 1.82) is 0 Å². The van der Waals surface area contributed by atoms with Crippen molar-refractivity contribution in [3.63, 3.8) is 0 Å². The largest absolute Gasteiger partial charge is 0.475 e. The molecule has 0 atom stereocenters. The van der Waals surface area contributed by atoms with Crippen LogP contribution in [0, 0.1) is 6.92 Å². The van der Waals surface area contributed by atoms with Crippen molar-refractivity contribution in [3.8, 4) is 0 Å². The van der Waals surface area contributed by atoms with E-state index in [2.05, 4.69) is 0 Å². The van der Waals surface area contributed by atoms with Gasteiger partial charge in [0.15, 0.2) is 0 Å². The zero-order valence-corrected chi connectivity index (χ0v) is 7.63. The molecule has 0 heterocycles. The summed E-state index contributed by atoms with van der Waals surface area (Å²) in [5.74, 6) is -2.47. The van der Waals surface area contributed by atoms with Gasteiger partial charge in [-0.3, -0.25) is 4.79 Å². The molecule has 1 aromatic rings. The summed E-state index contributed by atoms with van der Waals surface area (Å²) in [6.45, 7) is 1.76. The van der Waals surface area contributed by atoms with Crippen molar-refractivity contribution < 1.29 is 14.7 Å². The van der Waals surface area contributed by atoms with Gasteiger partial charge in [0.1, 0.15) is 0 Å². The maximum Gasteiger partial charge on any atom is 0.377 e. The third-order valence-corrected chi connectivity index (χ3v) is 1.89. The fraction of sp³-hybridized carbons (Fsp3) is 0.111. The molecule has 0 unspecified atom stereocenters. The van der Waals surface area contributed by atoms with Crippen molar-refractivity contribution in [2.45, 2.75) is 6.92 Å². The molecule has 1 aromatic carbocycles. The van der Waals surface area contributed by atoms with Crippen LogP contribution in [0.2, 0.25) is 5.02 Å². The Hall–Kier alpha value is -1.35. The molecular weight excluding hydrogens is 192 g/mol. The Labute approximate surface area is 79.9 Å². The number of Topliss-reactive ketones (excluding diaryl/α,β-unsaturated/α-hetero) is 1. The lowest BCUT2D eigenvalue weighted by Crippen LogP contribution is -2.13. The minimum absolute atomic E-state index is 0.0363. The number of hydrogen-bond donors (Lipinski definition) is 1. The van der Waals surface area contributed by atoms with Crippen molar-refractivity contribution in [3.05, 3.63) is 34.3 Å². The Morgan fingerprint density at radius 2 is 2.00 bits per heavy atom. The zero-order chi connectivity index (χ0) is 10.0. The van der Waals surface area contributed by atoms with Gasteiger partial charge in [0.2, 0.25) is 0 Å². The van der Waals surface area contributed by atoms with Crippen LogP contribution in [0.5, 0.6) is 0 Å². The molecule has 0 radical (unpaired) electrons.